The smallest absolute Gasteiger partial charge is 0.387 e. The Morgan fingerprint density at radius 1 is 1.22 bits per heavy atom. The Balaban J connectivity index is 1.55. The Labute approximate surface area is 191 Å². The van der Waals surface area contributed by atoms with Crippen LogP contribution in [0.25, 0.3) is 0 Å². The van der Waals surface area contributed by atoms with Gasteiger partial charge in [-0.15, -0.1) is 11.8 Å². The number of carbonyl (C=O) groups excluding carboxylic acids is 2. The van der Waals surface area contributed by atoms with E-state index in [1.54, 1.807) is 30.3 Å². The number of thioether (sulfide) groups is 1. The predicted molar refractivity (Wildman–Crippen MR) is 114 cm³/mol. The number of hydrogen-bond acceptors (Lipinski definition) is 7. The summed E-state index contributed by atoms with van der Waals surface area (Å²) in [5, 5.41) is 6.18. The van der Waals surface area contributed by atoms with Crippen LogP contribution in [0.1, 0.15) is 21.8 Å². The van der Waals surface area contributed by atoms with Crippen LogP contribution in [0, 0.1) is 6.92 Å². The molecule has 0 saturated carbocycles. The number of nitrogens with zero attached hydrogens (tertiary/aromatic N) is 1. The molecule has 0 aliphatic carbocycles. The van der Waals surface area contributed by atoms with Crippen molar-refractivity contribution in [3.05, 3.63) is 70.6 Å². The van der Waals surface area contributed by atoms with Crippen LogP contribution in [0.4, 0.5) is 14.5 Å². The van der Waals surface area contributed by atoms with Crippen LogP contribution in [-0.4, -0.2) is 30.3 Å². The number of carbonyl (C=O) groups is 2. The highest BCUT2D eigenvalue weighted by Crippen LogP contribution is 2.29. The van der Waals surface area contributed by atoms with E-state index < -0.39 is 25.1 Å². The van der Waals surface area contributed by atoms with Crippen molar-refractivity contribution in [3.8, 4) is 5.75 Å². The first-order valence-corrected chi connectivity index (χ1v) is 10.5. The van der Waals surface area contributed by atoms with Crippen molar-refractivity contribution in [2.24, 2.45) is 0 Å². The molecule has 0 radical (unpaired) electrons. The van der Waals surface area contributed by atoms with Crippen LogP contribution in [0.5, 0.6) is 5.75 Å². The third kappa shape index (κ3) is 6.69. The summed E-state index contributed by atoms with van der Waals surface area (Å²) in [6.45, 7) is -1.76. The van der Waals surface area contributed by atoms with Crippen LogP contribution in [0.3, 0.4) is 0 Å². The number of ether oxygens (including phenoxy) is 2. The lowest BCUT2D eigenvalue weighted by Crippen LogP contribution is -2.21. The van der Waals surface area contributed by atoms with E-state index >= 15 is 0 Å². The normalized spacial score (nSPS) is 10.8. The number of aromatic nitrogens is 1. The van der Waals surface area contributed by atoms with Gasteiger partial charge in [-0.25, -0.2) is 4.79 Å². The van der Waals surface area contributed by atoms with E-state index in [2.05, 4.69) is 15.2 Å². The number of alkyl halides is 2. The van der Waals surface area contributed by atoms with Gasteiger partial charge in [0.05, 0.1) is 22.0 Å². The Morgan fingerprint density at radius 2 is 2.00 bits per heavy atom. The lowest BCUT2D eigenvalue weighted by molar-refractivity contribution is -0.119. The number of halogens is 3. The third-order valence-corrected chi connectivity index (χ3v) is 5.31. The maximum absolute atomic E-state index is 12.5. The van der Waals surface area contributed by atoms with Crippen molar-refractivity contribution in [2.75, 3.05) is 11.9 Å². The average molecular weight is 483 g/mol. The van der Waals surface area contributed by atoms with Gasteiger partial charge in [-0.05, 0) is 37.3 Å². The molecule has 3 rings (SSSR count). The topological polar surface area (TPSA) is 90.7 Å². The minimum absolute atomic E-state index is 0.104. The van der Waals surface area contributed by atoms with E-state index in [4.69, 9.17) is 20.9 Å². The SMILES string of the molecule is Cc1cc(CSc2ccccc2C(=O)OCC(=O)Nc2ccc(OC(F)F)c(Cl)c2)on1. The summed E-state index contributed by atoms with van der Waals surface area (Å²) in [7, 11) is 0. The van der Waals surface area contributed by atoms with Crippen LogP contribution in [0.2, 0.25) is 5.02 Å². The maximum Gasteiger partial charge on any atom is 0.387 e. The van der Waals surface area contributed by atoms with Gasteiger partial charge in [0, 0.05) is 16.6 Å². The molecule has 1 amide bonds. The van der Waals surface area contributed by atoms with Crippen LogP contribution < -0.4 is 10.1 Å². The number of amides is 1. The maximum atomic E-state index is 12.5. The van der Waals surface area contributed by atoms with Crippen molar-refractivity contribution in [3.63, 3.8) is 0 Å². The summed E-state index contributed by atoms with van der Waals surface area (Å²) in [6, 6.07) is 12.4. The standard InChI is InChI=1S/C21H17ClF2N2O5S/c1-12-8-14(31-26-12)11-32-18-5-3-2-4-15(18)20(28)29-10-19(27)25-13-6-7-17(16(22)9-13)30-21(23)24/h2-9,21H,10-11H2,1H3,(H,25,27). The summed E-state index contributed by atoms with van der Waals surface area (Å²) in [6.07, 6.45) is 0. The van der Waals surface area contributed by atoms with Gasteiger partial charge in [-0.2, -0.15) is 8.78 Å². The minimum atomic E-state index is -3.02. The fourth-order valence-corrected chi connectivity index (χ4v) is 3.71. The van der Waals surface area contributed by atoms with Crippen LogP contribution in [0.15, 0.2) is 57.9 Å². The molecule has 7 nitrogen and oxygen atoms in total. The highest BCUT2D eigenvalue weighted by atomic mass is 35.5. The number of rotatable bonds is 9. The van der Waals surface area contributed by atoms with E-state index in [1.807, 2.05) is 6.92 Å². The monoisotopic (exact) mass is 482 g/mol. The second-order valence-corrected chi connectivity index (χ2v) is 7.79. The number of benzene rings is 2. The number of hydrogen-bond donors (Lipinski definition) is 1. The quantitative estimate of drug-likeness (QED) is 0.326. The molecule has 32 heavy (non-hydrogen) atoms. The molecule has 168 valence electrons. The van der Waals surface area contributed by atoms with Crippen LogP contribution >= 0.6 is 23.4 Å². The molecular weight excluding hydrogens is 466 g/mol. The molecule has 0 bridgehead atoms. The Hall–Kier alpha value is -3.11. The fraction of sp³-hybridized carbons (Fsp3) is 0.190. The predicted octanol–water partition coefficient (Wildman–Crippen LogP) is 5.33. The fourth-order valence-electron chi connectivity index (χ4n) is 2.57. The molecule has 0 spiro atoms. The van der Waals surface area contributed by atoms with Crippen LogP contribution in [-0.2, 0) is 15.3 Å². The number of nitrogens with one attached hydrogen (secondary N) is 1. The number of aryl methyl sites for hydroxylation is 1. The molecule has 0 unspecified atom stereocenters. The lowest BCUT2D eigenvalue weighted by atomic mass is 10.2. The summed E-state index contributed by atoms with van der Waals surface area (Å²) in [5.74, 6) is -0.383. The number of esters is 1. The zero-order valence-corrected chi connectivity index (χ0v) is 18.2. The molecular formula is C21H17ClF2N2O5S. The van der Waals surface area contributed by atoms with Gasteiger partial charge < -0.3 is 19.3 Å². The molecule has 1 N–H and O–H groups in total. The second kappa shape index (κ2) is 11.0. The minimum Gasteiger partial charge on any atom is -0.452 e. The molecule has 1 heterocycles. The van der Waals surface area contributed by atoms with Crippen molar-refractivity contribution < 1.29 is 32.4 Å². The molecule has 0 aliphatic rings. The van der Waals surface area contributed by atoms with E-state index in [-0.39, 0.29) is 16.5 Å². The molecule has 0 fully saturated rings. The second-order valence-electron chi connectivity index (χ2n) is 6.37. The third-order valence-electron chi connectivity index (χ3n) is 3.92. The summed E-state index contributed by atoms with van der Waals surface area (Å²) in [4.78, 5) is 25.3. The Bertz CT molecular complexity index is 1110. The highest BCUT2D eigenvalue weighted by molar-refractivity contribution is 7.98. The molecule has 1 aromatic heterocycles. The van der Waals surface area contributed by atoms with E-state index in [0.29, 0.717) is 22.0 Å². The summed E-state index contributed by atoms with van der Waals surface area (Å²) < 4.78 is 39.1. The number of anilines is 1. The van der Waals surface area contributed by atoms with Crippen molar-refractivity contribution in [1.29, 1.82) is 0 Å². The molecule has 0 saturated heterocycles. The molecule has 0 atom stereocenters. The molecule has 2 aromatic carbocycles. The van der Waals surface area contributed by atoms with Gasteiger partial charge in [-0.1, -0.05) is 28.9 Å². The van der Waals surface area contributed by atoms with Gasteiger partial charge >= 0.3 is 12.6 Å². The van der Waals surface area contributed by atoms with Gasteiger partial charge in [0.2, 0.25) is 0 Å². The lowest BCUT2D eigenvalue weighted by Gasteiger charge is -2.11. The first kappa shape index (κ1) is 23.6. The van der Waals surface area contributed by atoms with Crippen molar-refractivity contribution >= 4 is 40.9 Å². The molecule has 11 heteroatoms. The molecule has 3 aromatic rings. The summed E-state index contributed by atoms with van der Waals surface area (Å²) in [5.41, 5.74) is 1.30. The highest BCUT2D eigenvalue weighted by Gasteiger charge is 2.16. The van der Waals surface area contributed by atoms with E-state index in [0.717, 1.165) is 5.69 Å². The Morgan fingerprint density at radius 3 is 2.69 bits per heavy atom. The van der Waals surface area contributed by atoms with Gasteiger partial charge in [0.15, 0.2) is 6.61 Å². The van der Waals surface area contributed by atoms with E-state index in [1.165, 1.54) is 30.0 Å². The van der Waals surface area contributed by atoms with Gasteiger partial charge in [0.25, 0.3) is 5.91 Å². The van der Waals surface area contributed by atoms with Crippen molar-refractivity contribution in [2.45, 2.75) is 24.2 Å². The largest absolute Gasteiger partial charge is 0.452 e. The van der Waals surface area contributed by atoms with Gasteiger partial charge in [0.1, 0.15) is 11.5 Å². The first-order chi connectivity index (χ1) is 15.3. The molecule has 0 aliphatic heterocycles. The summed E-state index contributed by atoms with van der Waals surface area (Å²) >= 11 is 7.22. The average Bonchev–Trinajstić information content (AvgIpc) is 3.17. The Kier molecular flexibility index (Phi) is 8.07. The first-order valence-electron chi connectivity index (χ1n) is 9.17. The zero-order valence-electron chi connectivity index (χ0n) is 16.6. The zero-order chi connectivity index (χ0) is 23.1. The van der Waals surface area contributed by atoms with E-state index in [9.17, 15) is 18.4 Å². The van der Waals surface area contributed by atoms with Gasteiger partial charge in [-0.3, -0.25) is 4.79 Å². The van der Waals surface area contributed by atoms with Crippen molar-refractivity contribution in [1.82, 2.24) is 5.16 Å².